The van der Waals surface area contributed by atoms with Crippen LogP contribution in [0, 0.1) is 24.7 Å². The molecule has 26 heavy (non-hydrogen) atoms. The van der Waals surface area contributed by atoms with Crippen LogP contribution in [0.15, 0.2) is 40.8 Å². The molecule has 0 spiro atoms. The zero-order valence-electron chi connectivity index (χ0n) is 15.5. The first-order chi connectivity index (χ1) is 12.6. The van der Waals surface area contributed by atoms with Crippen molar-refractivity contribution < 1.29 is 13.9 Å². The number of carbonyl (C=O) groups excluding carboxylic acids is 1. The molecule has 2 aliphatic carbocycles. The van der Waals surface area contributed by atoms with E-state index in [2.05, 4.69) is 12.2 Å². The maximum absolute atomic E-state index is 12.5. The Bertz CT molecular complexity index is 781. The van der Waals surface area contributed by atoms with E-state index in [1.807, 2.05) is 37.3 Å². The Labute approximate surface area is 154 Å². The van der Waals surface area contributed by atoms with E-state index >= 15 is 0 Å². The van der Waals surface area contributed by atoms with Gasteiger partial charge < -0.3 is 14.5 Å². The first kappa shape index (κ1) is 17.2. The molecule has 0 radical (unpaired) electrons. The Morgan fingerprint density at radius 1 is 1.27 bits per heavy atom. The minimum absolute atomic E-state index is 0.123. The summed E-state index contributed by atoms with van der Waals surface area (Å²) in [6.07, 6.45) is 5.33. The number of hydrogen-bond donors (Lipinski definition) is 1. The SMILES string of the molecule is Cc1cccc(OCc2ccc(C(=O)NC(C)C3CC4CCC3C4)o2)c1. The molecule has 0 aliphatic heterocycles. The third-order valence-corrected chi connectivity index (χ3v) is 6.05. The smallest absolute Gasteiger partial charge is 0.287 e. The lowest BCUT2D eigenvalue weighted by atomic mass is 9.84. The van der Waals surface area contributed by atoms with Gasteiger partial charge in [-0.2, -0.15) is 0 Å². The second-order valence-corrected chi connectivity index (χ2v) is 7.97. The predicted octanol–water partition coefficient (Wildman–Crippen LogP) is 4.72. The molecule has 138 valence electrons. The van der Waals surface area contributed by atoms with Crippen molar-refractivity contribution in [3.05, 3.63) is 53.5 Å². The van der Waals surface area contributed by atoms with Gasteiger partial charge in [0.05, 0.1) is 0 Å². The van der Waals surface area contributed by atoms with Gasteiger partial charge in [-0.25, -0.2) is 0 Å². The van der Waals surface area contributed by atoms with Crippen LogP contribution in [0.4, 0.5) is 0 Å². The summed E-state index contributed by atoms with van der Waals surface area (Å²) in [4.78, 5) is 12.5. The van der Waals surface area contributed by atoms with Crippen LogP contribution in [0.5, 0.6) is 5.75 Å². The van der Waals surface area contributed by atoms with E-state index in [4.69, 9.17) is 9.15 Å². The molecule has 4 rings (SSSR count). The highest BCUT2D eigenvalue weighted by Crippen LogP contribution is 2.49. The van der Waals surface area contributed by atoms with Crippen molar-refractivity contribution in [2.75, 3.05) is 0 Å². The normalized spacial score (nSPS) is 25.2. The topological polar surface area (TPSA) is 51.5 Å². The number of hydrogen-bond acceptors (Lipinski definition) is 3. The molecule has 4 unspecified atom stereocenters. The molecule has 2 saturated carbocycles. The average molecular weight is 353 g/mol. The summed E-state index contributed by atoms with van der Waals surface area (Å²) >= 11 is 0. The quantitative estimate of drug-likeness (QED) is 0.817. The van der Waals surface area contributed by atoms with Gasteiger partial charge in [0.2, 0.25) is 0 Å². The number of rotatable bonds is 6. The maximum atomic E-state index is 12.5. The van der Waals surface area contributed by atoms with E-state index in [0.29, 0.717) is 24.0 Å². The minimum atomic E-state index is -0.123. The van der Waals surface area contributed by atoms with Crippen molar-refractivity contribution >= 4 is 5.91 Å². The van der Waals surface area contributed by atoms with Gasteiger partial charge in [0.15, 0.2) is 5.76 Å². The summed E-state index contributed by atoms with van der Waals surface area (Å²) in [5.74, 6) is 4.01. The standard InChI is InChI=1S/C22H27NO3/c1-14-4-3-5-18(10-14)25-13-19-8-9-21(26-19)22(24)23-15(2)20-12-16-6-7-17(20)11-16/h3-5,8-10,15-17,20H,6-7,11-13H2,1-2H3,(H,23,24). The Morgan fingerprint density at radius 3 is 2.88 bits per heavy atom. The summed E-state index contributed by atoms with van der Waals surface area (Å²) in [5.41, 5.74) is 1.15. The van der Waals surface area contributed by atoms with Crippen molar-refractivity contribution in [2.45, 2.75) is 52.2 Å². The average Bonchev–Trinajstić information content (AvgIpc) is 3.36. The largest absolute Gasteiger partial charge is 0.486 e. The molecule has 1 aromatic heterocycles. The number of carbonyl (C=O) groups is 1. The number of aryl methyl sites for hydroxylation is 1. The molecule has 2 bridgehead atoms. The number of benzene rings is 1. The van der Waals surface area contributed by atoms with Crippen LogP contribution in [-0.2, 0) is 6.61 Å². The second-order valence-electron chi connectivity index (χ2n) is 7.97. The molecular formula is C22H27NO3. The minimum Gasteiger partial charge on any atom is -0.486 e. The molecule has 4 atom stereocenters. The van der Waals surface area contributed by atoms with E-state index in [1.165, 1.54) is 25.7 Å². The molecule has 1 N–H and O–H groups in total. The van der Waals surface area contributed by atoms with Crippen molar-refractivity contribution in [1.29, 1.82) is 0 Å². The van der Waals surface area contributed by atoms with E-state index in [-0.39, 0.29) is 11.9 Å². The molecule has 1 aromatic carbocycles. The van der Waals surface area contributed by atoms with Crippen molar-refractivity contribution in [2.24, 2.45) is 17.8 Å². The Hall–Kier alpha value is -2.23. The number of amides is 1. The van der Waals surface area contributed by atoms with E-state index < -0.39 is 0 Å². The fraction of sp³-hybridized carbons (Fsp3) is 0.500. The predicted molar refractivity (Wildman–Crippen MR) is 100 cm³/mol. The van der Waals surface area contributed by atoms with E-state index in [0.717, 1.165) is 23.1 Å². The van der Waals surface area contributed by atoms with Gasteiger partial charge in [-0.15, -0.1) is 0 Å². The van der Waals surface area contributed by atoms with Crippen LogP contribution < -0.4 is 10.1 Å². The number of furan rings is 1. The molecular weight excluding hydrogens is 326 g/mol. The van der Waals surface area contributed by atoms with Crippen LogP contribution >= 0.6 is 0 Å². The highest BCUT2D eigenvalue weighted by molar-refractivity contribution is 5.91. The molecule has 4 heteroatoms. The van der Waals surface area contributed by atoms with E-state index in [9.17, 15) is 4.79 Å². The fourth-order valence-corrected chi connectivity index (χ4v) is 4.73. The van der Waals surface area contributed by atoms with E-state index in [1.54, 1.807) is 6.07 Å². The Kier molecular flexibility index (Phi) is 4.75. The molecule has 0 saturated heterocycles. The zero-order valence-corrected chi connectivity index (χ0v) is 15.5. The van der Waals surface area contributed by atoms with Gasteiger partial charge in [-0.3, -0.25) is 4.79 Å². The van der Waals surface area contributed by atoms with Gasteiger partial charge in [0.1, 0.15) is 18.1 Å². The van der Waals surface area contributed by atoms with Crippen LogP contribution in [-0.4, -0.2) is 11.9 Å². The number of fused-ring (bicyclic) bond motifs is 2. The third-order valence-electron chi connectivity index (χ3n) is 6.05. The third kappa shape index (κ3) is 3.64. The molecule has 4 nitrogen and oxygen atoms in total. The summed E-state index contributed by atoms with van der Waals surface area (Å²) in [7, 11) is 0. The van der Waals surface area contributed by atoms with Crippen LogP contribution in [0.2, 0.25) is 0 Å². The fourth-order valence-electron chi connectivity index (χ4n) is 4.73. The summed E-state index contributed by atoms with van der Waals surface area (Å²) < 4.78 is 11.4. The first-order valence-electron chi connectivity index (χ1n) is 9.67. The highest BCUT2D eigenvalue weighted by Gasteiger charge is 2.42. The van der Waals surface area contributed by atoms with Crippen LogP contribution in [0.1, 0.15) is 54.5 Å². The van der Waals surface area contributed by atoms with Gasteiger partial charge in [-0.05, 0) is 80.7 Å². The maximum Gasteiger partial charge on any atom is 0.287 e. The molecule has 2 aromatic rings. The lowest BCUT2D eigenvalue weighted by Gasteiger charge is -2.28. The van der Waals surface area contributed by atoms with Gasteiger partial charge in [0.25, 0.3) is 5.91 Å². The lowest BCUT2D eigenvalue weighted by molar-refractivity contribution is 0.0883. The number of ether oxygens (including phenoxy) is 1. The highest BCUT2D eigenvalue weighted by atomic mass is 16.5. The van der Waals surface area contributed by atoms with Crippen LogP contribution in [0.25, 0.3) is 0 Å². The van der Waals surface area contributed by atoms with Gasteiger partial charge >= 0.3 is 0 Å². The summed E-state index contributed by atoms with van der Waals surface area (Å²) in [6, 6.07) is 11.6. The van der Waals surface area contributed by atoms with Crippen molar-refractivity contribution in [1.82, 2.24) is 5.32 Å². The number of nitrogens with one attached hydrogen (secondary N) is 1. The van der Waals surface area contributed by atoms with Crippen LogP contribution in [0.3, 0.4) is 0 Å². The zero-order chi connectivity index (χ0) is 18.1. The van der Waals surface area contributed by atoms with Gasteiger partial charge in [0, 0.05) is 6.04 Å². The first-order valence-corrected chi connectivity index (χ1v) is 9.67. The second kappa shape index (κ2) is 7.18. The monoisotopic (exact) mass is 353 g/mol. The summed E-state index contributed by atoms with van der Waals surface area (Å²) in [5, 5.41) is 3.14. The van der Waals surface area contributed by atoms with Crippen molar-refractivity contribution in [3.8, 4) is 5.75 Å². The Balaban J connectivity index is 1.31. The lowest BCUT2D eigenvalue weighted by Crippen LogP contribution is -2.40. The molecule has 2 fully saturated rings. The molecule has 2 aliphatic rings. The molecule has 1 amide bonds. The van der Waals surface area contributed by atoms with Gasteiger partial charge in [-0.1, -0.05) is 18.6 Å². The Morgan fingerprint density at radius 2 is 2.15 bits per heavy atom. The molecule has 1 heterocycles. The summed E-state index contributed by atoms with van der Waals surface area (Å²) in [6.45, 7) is 4.48. The van der Waals surface area contributed by atoms with Crippen molar-refractivity contribution in [3.63, 3.8) is 0 Å².